The van der Waals surface area contributed by atoms with E-state index < -0.39 is 36.2 Å². The number of carbonyl (C=O) groups excluding carboxylic acids is 1. The van der Waals surface area contributed by atoms with E-state index in [2.05, 4.69) is 33.9 Å². The number of piperidine rings is 1. The van der Waals surface area contributed by atoms with Crippen LogP contribution in [0.25, 0.3) is 0 Å². The molecule has 0 aromatic rings. The molecular formula is C17H35NO6SSi. The highest BCUT2D eigenvalue weighted by Crippen LogP contribution is 2.38. The molecule has 1 amide bonds. The highest BCUT2D eigenvalue weighted by molar-refractivity contribution is 7.86. The van der Waals surface area contributed by atoms with Crippen molar-refractivity contribution < 1.29 is 26.6 Å². The van der Waals surface area contributed by atoms with Crippen LogP contribution in [0.4, 0.5) is 4.79 Å². The molecular weight excluding hydrogens is 374 g/mol. The SMILES string of the molecule is CC(C)(C)OC(=O)N1CC(O[Si](C)(C)C(C)(C)C)C[C@@H](OS(C)(=O)=O)C1. The number of rotatable bonds is 4. The van der Waals surface area contributed by atoms with E-state index in [4.69, 9.17) is 13.3 Å². The lowest BCUT2D eigenvalue weighted by Gasteiger charge is -2.44. The van der Waals surface area contributed by atoms with E-state index in [1.165, 1.54) is 4.90 Å². The average molecular weight is 410 g/mol. The van der Waals surface area contributed by atoms with Crippen molar-refractivity contribution in [2.45, 2.75) is 83.9 Å². The Morgan fingerprint density at radius 3 is 1.96 bits per heavy atom. The van der Waals surface area contributed by atoms with Crippen molar-refractivity contribution in [2.24, 2.45) is 0 Å². The summed E-state index contributed by atoms with van der Waals surface area (Å²) in [6.07, 6.45) is 0.0372. The predicted octanol–water partition coefficient (Wildman–Crippen LogP) is 3.36. The quantitative estimate of drug-likeness (QED) is 0.523. The molecule has 1 aliphatic heterocycles. The lowest BCUT2D eigenvalue weighted by Crippen LogP contribution is -2.55. The normalized spacial score (nSPS) is 23.0. The standard InChI is InChI=1S/C17H35NO6SSi/c1-16(2,3)22-15(19)18-11-13(23-25(7,20)21)10-14(12-18)24-26(8,9)17(4,5)6/h13-14H,10-12H2,1-9H3/t13-,14?/m1/s1. The monoisotopic (exact) mass is 409 g/mol. The van der Waals surface area contributed by atoms with Crippen molar-refractivity contribution in [3.8, 4) is 0 Å². The fraction of sp³-hybridized carbons (Fsp3) is 0.941. The molecule has 0 aromatic carbocycles. The Labute approximate surface area is 159 Å². The number of hydrogen-bond acceptors (Lipinski definition) is 6. The van der Waals surface area contributed by atoms with E-state index >= 15 is 0 Å². The smallest absolute Gasteiger partial charge is 0.410 e. The molecule has 1 unspecified atom stereocenters. The Balaban J connectivity index is 2.98. The summed E-state index contributed by atoms with van der Waals surface area (Å²) in [5.74, 6) is 0. The van der Waals surface area contributed by atoms with Gasteiger partial charge in [0.05, 0.1) is 25.0 Å². The molecule has 154 valence electrons. The summed E-state index contributed by atoms with van der Waals surface area (Å²) in [6.45, 7) is 16.6. The van der Waals surface area contributed by atoms with Gasteiger partial charge in [-0.2, -0.15) is 8.42 Å². The molecule has 0 aliphatic carbocycles. The maximum Gasteiger partial charge on any atom is 0.410 e. The highest BCUT2D eigenvalue weighted by atomic mass is 32.2. The van der Waals surface area contributed by atoms with Crippen LogP contribution in [0.5, 0.6) is 0 Å². The van der Waals surface area contributed by atoms with Gasteiger partial charge in [0.2, 0.25) is 0 Å². The van der Waals surface area contributed by atoms with Gasteiger partial charge in [-0.25, -0.2) is 4.79 Å². The lowest BCUT2D eigenvalue weighted by atomic mass is 10.1. The second-order valence-corrected chi connectivity index (χ2v) is 15.9. The Hall–Kier alpha value is -0.643. The topological polar surface area (TPSA) is 82.1 Å². The minimum absolute atomic E-state index is 0.00832. The van der Waals surface area contributed by atoms with Crippen LogP contribution >= 0.6 is 0 Å². The molecule has 2 atom stereocenters. The molecule has 26 heavy (non-hydrogen) atoms. The van der Waals surface area contributed by atoms with E-state index in [9.17, 15) is 13.2 Å². The largest absolute Gasteiger partial charge is 0.444 e. The molecule has 7 nitrogen and oxygen atoms in total. The summed E-state index contributed by atoms with van der Waals surface area (Å²) in [6, 6.07) is 0. The van der Waals surface area contributed by atoms with E-state index in [0.717, 1.165) is 6.26 Å². The van der Waals surface area contributed by atoms with Crippen LogP contribution in [0.2, 0.25) is 18.1 Å². The summed E-state index contributed by atoms with van der Waals surface area (Å²) in [7, 11) is -5.70. The highest BCUT2D eigenvalue weighted by Gasteiger charge is 2.42. The van der Waals surface area contributed by atoms with Crippen LogP contribution < -0.4 is 0 Å². The molecule has 9 heteroatoms. The Kier molecular flexibility index (Phi) is 6.99. The molecule has 1 rings (SSSR count). The second kappa shape index (κ2) is 7.77. The van der Waals surface area contributed by atoms with Crippen molar-refractivity contribution in [1.29, 1.82) is 0 Å². The first-order valence-corrected chi connectivity index (χ1v) is 13.7. The van der Waals surface area contributed by atoms with Gasteiger partial charge < -0.3 is 14.1 Å². The third-order valence-electron chi connectivity index (χ3n) is 4.60. The molecule has 1 saturated heterocycles. The number of hydrogen-bond donors (Lipinski definition) is 0. The Morgan fingerprint density at radius 2 is 1.54 bits per heavy atom. The molecule has 0 radical (unpaired) electrons. The second-order valence-electron chi connectivity index (χ2n) is 9.54. The van der Waals surface area contributed by atoms with Crippen LogP contribution in [-0.4, -0.2) is 64.9 Å². The molecule has 0 bridgehead atoms. The summed E-state index contributed by atoms with van der Waals surface area (Å²) in [5.41, 5.74) is -0.627. The van der Waals surface area contributed by atoms with Crippen molar-refractivity contribution >= 4 is 24.5 Å². The van der Waals surface area contributed by atoms with E-state index in [1.807, 2.05) is 0 Å². The van der Waals surface area contributed by atoms with Crippen LogP contribution in [-0.2, 0) is 23.5 Å². The maximum atomic E-state index is 12.5. The third kappa shape index (κ3) is 7.54. The van der Waals surface area contributed by atoms with E-state index in [0.29, 0.717) is 13.0 Å². The lowest BCUT2D eigenvalue weighted by molar-refractivity contribution is -0.0188. The minimum Gasteiger partial charge on any atom is -0.444 e. The molecule has 1 fully saturated rings. The van der Waals surface area contributed by atoms with E-state index in [1.54, 1.807) is 20.8 Å². The van der Waals surface area contributed by atoms with Crippen LogP contribution in [0.1, 0.15) is 48.0 Å². The average Bonchev–Trinajstić information content (AvgIpc) is 2.31. The molecule has 0 saturated carbocycles. The van der Waals surface area contributed by atoms with Crippen LogP contribution in [0.15, 0.2) is 0 Å². The summed E-state index contributed by atoms with van der Waals surface area (Å²) in [4.78, 5) is 14.0. The van der Waals surface area contributed by atoms with E-state index in [-0.39, 0.29) is 17.7 Å². The first-order valence-electron chi connectivity index (χ1n) is 8.94. The van der Waals surface area contributed by atoms with Gasteiger partial charge in [-0.1, -0.05) is 20.8 Å². The molecule has 0 N–H and O–H groups in total. The van der Waals surface area contributed by atoms with Gasteiger partial charge in [-0.15, -0.1) is 0 Å². The van der Waals surface area contributed by atoms with Gasteiger partial charge in [0.1, 0.15) is 5.60 Å². The van der Waals surface area contributed by atoms with Crippen LogP contribution in [0, 0.1) is 0 Å². The zero-order valence-corrected chi connectivity index (χ0v) is 19.4. The van der Waals surface area contributed by atoms with Crippen molar-refractivity contribution in [3.63, 3.8) is 0 Å². The zero-order valence-electron chi connectivity index (χ0n) is 17.6. The number of carbonyl (C=O) groups is 1. The molecule has 0 spiro atoms. The first-order chi connectivity index (χ1) is 11.4. The first kappa shape index (κ1) is 23.4. The number of amides is 1. The Morgan fingerprint density at radius 1 is 1.04 bits per heavy atom. The number of likely N-dealkylation sites (tertiary alicyclic amines) is 1. The third-order valence-corrected chi connectivity index (χ3v) is 9.76. The van der Waals surface area contributed by atoms with Gasteiger partial charge in [-0.05, 0) is 38.9 Å². The minimum atomic E-state index is -3.63. The summed E-state index contributed by atoms with van der Waals surface area (Å²) >= 11 is 0. The predicted molar refractivity (Wildman–Crippen MR) is 104 cm³/mol. The summed E-state index contributed by atoms with van der Waals surface area (Å²) < 4.78 is 40.2. The van der Waals surface area contributed by atoms with Crippen molar-refractivity contribution in [2.75, 3.05) is 19.3 Å². The fourth-order valence-corrected chi connectivity index (χ4v) is 4.47. The molecule has 0 aromatic heterocycles. The van der Waals surface area contributed by atoms with Gasteiger partial charge in [0, 0.05) is 13.0 Å². The maximum absolute atomic E-state index is 12.5. The van der Waals surface area contributed by atoms with Gasteiger partial charge in [0.15, 0.2) is 8.32 Å². The van der Waals surface area contributed by atoms with Gasteiger partial charge in [0.25, 0.3) is 10.1 Å². The van der Waals surface area contributed by atoms with Gasteiger partial charge >= 0.3 is 6.09 Å². The Bertz CT molecular complexity index is 606. The molecule has 1 heterocycles. The number of nitrogens with zero attached hydrogens (tertiary/aromatic N) is 1. The summed E-state index contributed by atoms with van der Waals surface area (Å²) in [5, 5.41) is 0.00832. The molecule has 1 aliphatic rings. The van der Waals surface area contributed by atoms with Crippen LogP contribution in [0.3, 0.4) is 0 Å². The van der Waals surface area contributed by atoms with Crippen molar-refractivity contribution in [1.82, 2.24) is 4.90 Å². The zero-order chi connectivity index (χ0) is 20.6. The van der Waals surface area contributed by atoms with Gasteiger partial charge in [-0.3, -0.25) is 4.18 Å². The fourth-order valence-electron chi connectivity index (χ4n) is 2.48. The number of ether oxygens (including phenoxy) is 1. The van der Waals surface area contributed by atoms with Crippen molar-refractivity contribution in [3.05, 3.63) is 0 Å².